The maximum absolute atomic E-state index is 10.8. The number of hydrogen-bond acceptors (Lipinski definition) is 2. The van der Waals surface area contributed by atoms with Crippen LogP contribution in [0, 0.1) is 0 Å². The zero-order valence-corrected chi connectivity index (χ0v) is 12.2. The number of likely N-dealkylation sites (tertiary alicyclic amines) is 1. The monoisotopic (exact) mass is 297 g/mol. The lowest BCUT2D eigenvalue weighted by Crippen LogP contribution is -2.40. The highest BCUT2D eigenvalue weighted by molar-refractivity contribution is 6.31. The van der Waals surface area contributed by atoms with Crippen molar-refractivity contribution in [1.29, 1.82) is 0 Å². The number of piperidine rings is 1. The molecule has 1 saturated heterocycles. The first-order chi connectivity index (χ1) is 9.66. The number of benzene rings is 1. The molecule has 1 aliphatic rings. The summed E-state index contributed by atoms with van der Waals surface area (Å²) in [5, 5.41) is 9.67. The van der Waals surface area contributed by atoms with E-state index in [-0.39, 0.29) is 6.10 Å². The second-order valence-corrected chi connectivity index (χ2v) is 5.44. The van der Waals surface area contributed by atoms with Crippen molar-refractivity contribution in [1.82, 2.24) is 4.90 Å². The van der Waals surface area contributed by atoms with Gasteiger partial charge in [0.25, 0.3) is 0 Å². The number of aryl methyl sites for hydroxylation is 1. The third-order valence-corrected chi connectivity index (χ3v) is 3.98. The average Bonchev–Trinajstić information content (AvgIpc) is 2.46. The lowest BCUT2D eigenvalue weighted by Gasteiger charge is -2.29. The summed E-state index contributed by atoms with van der Waals surface area (Å²) in [6.07, 6.45) is 2.78. The molecule has 0 bridgehead atoms. The van der Waals surface area contributed by atoms with Gasteiger partial charge in [-0.3, -0.25) is 0 Å². The Morgan fingerprint density at radius 1 is 1.35 bits per heavy atom. The molecule has 110 valence electrons. The SMILES string of the molecule is O=C(O)N1CCC(OCCCc2ccccc2Cl)CC1. The van der Waals surface area contributed by atoms with Crippen LogP contribution in [0.25, 0.3) is 0 Å². The fourth-order valence-corrected chi connectivity index (χ4v) is 2.66. The Balaban J connectivity index is 1.63. The average molecular weight is 298 g/mol. The molecule has 0 unspecified atom stereocenters. The van der Waals surface area contributed by atoms with Crippen LogP contribution in [-0.4, -0.2) is 41.9 Å². The molecule has 1 amide bonds. The van der Waals surface area contributed by atoms with Gasteiger partial charge in [-0.25, -0.2) is 4.79 Å². The van der Waals surface area contributed by atoms with E-state index in [0.717, 1.165) is 36.3 Å². The summed E-state index contributed by atoms with van der Waals surface area (Å²) >= 11 is 6.10. The minimum Gasteiger partial charge on any atom is -0.465 e. The van der Waals surface area contributed by atoms with Gasteiger partial charge in [-0.1, -0.05) is 29.8 Å². The minimum atomic E-state index is -0.831. The molecule has 0 spiro atoms. The summed E-state index contributed by atoms with van der Waals surface area (Å²) in [5.74, 6) is 0. The van der Waals surface area contributed by atoms with Gasteiger partial charge in [-0.15, -0.1) is 0 Å². The van der Waals surface area contributed by atoms with Crippen molar-refractivity contribution in [3.63, 3.8) is 0 Å². The van der Waals surface area contributed by atoms with Crippen molar-refractivity contribution >= 4 is 17.7 Å². The molecule has 2 rings (SSSR count). The Morgan fingerprint density at radius 2 is 2.05 bits per heavy atom. The predicted molar refractivity (Wildman–Crippen MR) is 78.3 cm³/mol. The van der Waals surface area contributed by atoms with Gasteiger partial charge in [0.05, 0.1) is 6.10 Å². The fraction of sp³-hybridized carbons (Fsp3) is 0.533. The van der Waals surface area contributed by atoms with Gasteiger partial charge in [0, 0.05) is 24.7 Å². The molecule has 0 saturated carbocycles. The van der Waals surface area contributed by atoms with E-state index in [1.54, 1.807) is 0 Å². The van der Waals surface area contributed by atoms with Crippen LogP contribution < -0.4 is 0 Å². The third kappa shape index (κ3) is 4.39. The first-order valence-corrected chi connectivity index (χ1v) is 7.37. The van der Waals surface area contributed by atoms with Gasteiger partial charge >= 0.3 is 6.09 Å². The summed E-state index contributed by atoms with van der Waals surface area (Å²) in [5.41, 5.74) is 1.15. The van der Waals surface area contributed by atoms with Crippen LogP contribution in [0.3, 0.4) is 0 Å². The Labute approximate surface area is 124 Å². The van der Waals surface area contributed by atoms with E-state index in [1.165, 1.54) is 4.90 Å². The lowest BCUT2D eigenvalue weighted by atomic mass is 10.1. The maximum atomic E-state index is 10.8. The zero-order valence-electron chi connectivity index (χ0n) is 11.4. The molecule has 1 aliphatic heterocycles. The second-order valence-electron chi connectivity index (χ2n) is 5.03. The molecule has 0 aliphatic carbocycles. The zero-order chi connectivity index (χ0) is 14.4. The number of hydrogen-bond donors (Lipinski definition) is 1. The van der Waals surface area contributed by atoms with Gasteiger partial charge in [0.15, 0.2) is 0 Å². The number of nitrogens with zero attached hydrogens (tertiary/aromatic N) is 1. The van der Waals surface area contributed by atoms with Gasteiger partial charge in [-0.05, 0) is 37.3 Å². The number of carbonyl (C=O) groups is 1. The van der Waals surface area contributed by atoms with E-state index in [0.29, 0.717) is 19.7 Å². The van der Waals surface area contributed by atoms with E-state index < -0.39 is 6.09 Å². The first kappa shape index (κ1) is 15.1. The Hall–Kier alpha value is -1.26. The number of halogens is 1. The van der Waals surface area contributed by atoms with Crippen LogP contribution in [0.2, 0.25) is 5.02 Å². The molecule has 1 aromatic carbocycles. The first-order valence-electron chi connectivity index (χ1n) is 6.99. The molecule has 4 nitrogen and oxygen atoms in total. The van der Waals surface area contributed by atoms with Crippen LogP contribution in [0.1, 0.15) is 24.8 Å². The van der Waals surface area contributed by atoms with E-state index in [2.05, 4.69) is 0 Å². The van der Waals surface area contributed by atoms with Crippen molar-refractivity contribution in [2.75, 3.05) is 19.7 Å². The molecule has 0 radical (unpaired) electrons. The third-order valence-electron chi connectivity index (χ3n) is 3.61. The molecule has 1 N–H and O–H groups in total. The molecule has 0 aromatic heterocycles. The van der Waals surface area contributed by atoms with Crippen molar-refractivity contribution in [2.24, 2.45) is 0 Å². The second kappa shape index (κ2) is 7.50. The van der Waals surface area contributed by atoms with E-state index in [9.17, 15) is 4.79 Å². The molecule has 1 heterocycles. The summed E-state index contributed by atoms with van der Waals surface area (Å²) in [6, 6.07) is 7.86. The smallest absolute Gasteiger partial charge is 0.407 e. The van der Waals surface area contributed by atoms with Crippen LogP contribution >= 0.6 is 11.6 Å². The van der Waals surface area contributed by atoms with Crippen LogP contribution in [0.5, 0.6) is 0 Å². The maximum Gasteiger partial charge on any atom is 0.407 e. The van der Waals surface area contributed by atoms with Crippen molar-refractivity contribution in [3.05, 3.63) is 34.9 Å². The van der Waals surface area contributed by atoms with Crippen molar-refractivity contribution < 1.29 is 14.6 Å². The summed E-state index contributed by atoms with van der Waals surface area (Å²) in [7, 11) is 0. The molecular weight excluding hydrogens is 278 g/mol. The number of rotatable bonds is 5. The summed E-state index contributed by atoms with van der Waals surface area (Å²) in [6.45, 7) is 1.85. The summed E-state index contributed by atoms with van der Waals surface area (Å²) < 4.78 is 5.81. The van der Waals surface area contributed by atoms with Crippen molar-refractivity contribution in [2.45, 2.75) is 31.8 Å². The van der Waals surface area contributed by atoms with Gasteiger partial charge in [0.1, 0.15) is 0 Å². The molecule has 0 atom stereocenters. The number of amides is 1. The van der Waals surface area contributed by atoms with Crippen LogP contribution in [-0.2, 0) is 11.2 Å². The van der Waals surface area contributed by atoms with Gasteiger partial charge in [-0.2, -0.15) is 0 Å². The Bertz CT molecular complexity index is 444. The molecule has 1 aromatic rings. The molecular formula is C15H20ClNO3. The molecule has 5 heteroatoms. The fourth-order valence-electron chi connectivity index (χ4n) is 2.43. The Morgan fingerprint density at radius 3 is 2.70 bits per heavy atom. The lowest BCUT2D eigenvalue weighted by molar-refractivity contribution is 0.00926. The highest BCUT2D eigenvalue weighted by Gasteiger charge is 2.22. The summed E-state index contributed by atoms with van der Waals surface area (Å²) in [4.78, 5) is 12.2. The number of ether oxygens (including phenoxy) is 1. The standard InChI is InChI=1S/C15H20ClNO3/c16-14-6-2-1-4-12(14)5-3-11-20-13-7-9-17(10-8-13)15(18)19/h1-2,4,6,13H,3,5,7-11H2,(H,18,19). The predicted octanol–water partition coefficient (Wildman–Crippen LogP) is 3.43. The van der Waals surface area contributed by atoms with E-state index in [1.807, 2.05) is 24.3 Å². The van der Waals surface area contributed by atoms with E-state index >= 15 is 0 Å². The minimum absolute atomic E-state index is 0.192. The van der Waals surface area contributed by atoms with Gasteiger partial charge in [0.2, 0.25) is 0 Å². The largest absolute Gasteiger partial charge is 0.465 e. The highest BCUT2D eigenvalue weighted by Crippen LogP contribution is 2.18. The quantitative estimate of drug-likeness (QED) is 0.847. The van der Waals surface area contributed by atoms with Crippen LogP contribution in [0.15, 0.2) is 24.3 Å². The number of carboxylic acid groups (broad SMARTS) is 1. The van der Waals surface area contributed by atoms with Gasteiger partial charge < -0.3 is 14.7 Å². The normalized spacial score (nSPS) is 16.4. The Kier molecular flexibility index (Phi) is 5.68. The molecule has 20 heavy (non-hydrogen) atoms. The highest BCUT2D eigenvalue weighted by atomic mass is 35.5. The van der Waals surface area contributed by atoms with E-state index in [4.69, 9.17) is 21.4 Å². The molecule has 1 fully saturated rings. The van der Waals surface area contributed by atoms with Crippen LogP contribution in [0.4, 0.5) is 4.79 Å². The topological polar surface area (TPSA) is 49.8 Å². The van der Waals surface area contributed by atoms with Crippen molar-refractivity contribution in [3.8, 4) is 0 Å².